The van der Waals surface area contributed by atoms with Crippen molar-refractivity contribution >= 4 is 44.6 Å². The van der Waals surface area contributed by atoms with Crippen molar-refractivity contribution in [3.63, 3.8) is 0 Å². The number of benzene rings is 2. The Morgan fingerprint density at radius 1 is 1.11 bits per heavy atom. The van der Waals surface area contributed by atoms with Crippen LogP contribution in [0.4, 0.5) is 8.78 Å². The maximum Gasteiger partial charge on any atom is 0.328 e. The molecule has 0 radical (unpaired) electrons. The van der Waals surface area contributed by atoms with Gasteiger partial charge >= 0.3 is 5.97 Å². The highest BCUT2D eigenvalue weighted by Crippen LogP contribution is 2.66. The Morgan fingerprint density at radius 2 is 1.73 bits per heavy atom. The molecular formula is C30H39F2NO2S2. The molecular weight excluding hydrogens is 508 g/mol. The van der Waals surface area contributed by atoms with Crippen molar-refractivity contribution in [1.29, 1.82) is 0 Å². The van der Waals surface area contributed by atoms with Gasteiger partial charge in [0, 0.05) is 23.2 Å². The van der Waals surface area contributed by atoms with Crippen LogP contribution in [0.15, 0.2) is 48.0 Å². The molecule has 7 heteroatoms. The van der Waals surface area contributed by atoms with Gasteiger partial charge in [0.1, 0.15) is 11.6 Å². The summed E-state index contributed by atoms with van der Waals surface area (Å²) in [4.78, 5) is 13.3. The summed E-state index contributed by atoms with van der Waals surface area (Å²) in [6, 6.07) is 10.7. The van der Waals surface area contributed by atoms with Crippen LogP contribution >= 0.6 is 27.0 Å². The van der Waals surface area contributed by atoms with Crippen LogP contribution in [0, 0.1) is 17.6 Å². The third-order valence-electron chi connectivity index (χ3n) is 8.37. The number of nitrogens with zero attached hydrogens (tertiary/aromatic N) is 1. The number of hydrogen-bond donors (Lipinski definition) is 1. The molecule has 3 saturated carbocycles. The highest BCUT2D eigenvalue weighted by atomic mass is 32.1. The second-order valence-corrected chi connectivity index (χ2v) is 10.2. The van der Waals surface area contributed by atoms with E-state index in [1.165, 1.54) is 34.9 Å². The minimum atomic E-state index is -1.15. The molecule has 3 fully saturated rings. The Labute approximate surface area is 233 Å². The Bertz CT molecular complexity index is 1200. The van der Waals surface area contributed by atoms with E-state index in [0.717, 1.165) is 56.1 Å². The minimum absolute atomic E-state index is 0. The standard InChI is InChI=1S/C28H27F2NO2.2CH4.2H2S/c1-2-19-12-21-20-6-4-3-5-18(20)11-22(21)27(31(19)28-13-17(14-28)15-28)26-23(29)9-16(10-24(26)30)7-8-25(32)33;;;;/h3-10,17,19,27H,2,11-15H2,1H3,(H,32,33);2*1H4;2*1H2/b8-7+;;;;/t17?,19-,27+,28?;;;;/m0..../s1. The largest absolute Gasteiger partial charge is 0.478 e. The highest BCUT2D eigenvalue weighted by Gasteiger charge is 2.63. The molecule has 1 aliphatic heterocycles. The van der Waals surface area contributed by atoms with Gasteiger partial charge in [-0.3, -0.25) is 4.90 Å². The summed E-state index contributed by atoms with van der Waals surface area (Å²) in [5, 5.41) is 8.89. The summed E-state index contributed by atoms with van der Waals surface area (Å²) in [5.74, 6) is -1.58. The summed E-state index contributed by atoms with van der Waals surface area (Å²) in [5.41, 5.74) is 5.27. The van der Waals surface area contributed by atoms with E-state index in [1.54, 1.807) is 0 Å². The van der Waals surface area contributed by atoms with Gasteiger partial charge in [0.25, 0.3) is 0 Å². The van der Waals surface area contributed by atoms with Crippen molar-refractivity contribution in [2.45, 2.75) is 77.9 Å². The van der Waals surface area contributed by atoms with Gasteiger partial charge in [-0.25, -0.2) is 13.6 Å². The molecule has 0 spiro atoms. The van der Waals surface area contributed by atoms with Crippen LogP contribution < -0.4 is 0 Å². The first-order chi connectivity index (χ1) is 15.9. The van der Waals surface area contributed by atoms with E-state index >= 15 is 8.78 Å². The average molecular weight is 548 g/mol. The van der Waals surface area contributed by atoms with Crippen LogP contribution in [0.2, 0.25) is 0 Å². The van der Waals surface area contributed by atoms with Crippen LogP contribution in [0.25, 0.3) is 11.6 Å². The van der Waals surface area contributed by atoms with Crippen molar-refractivity contribution in [2.75, 3.05) is 0 Å². The number of hydrogen-bond acceptors (Lipinski definition) is 2. The van der Waals surface area contributed by atoms with E-state index in [0.29, 0.717) is 0 Å². The number of carboxylic acids is 1. The van der Waals surface area contributed by atoms with Gasteiger partial charge in [-0.05, 0) is 90.5 Å². The summed E-state index contributed by atoms with van der Waals surface area (Å²) in [7, 11) is 0. The lowest BCUT2D eigenvalue weighted by atomic mass is 9.48. The van der Waals surface area contributed by atoms with Gasteiger partial charge in [0.05, 0.1) is 6.04 Å². The van der Waals surface area contributed by atoms with Gasteiger partial charge < -0.3 is 5.11 Å². The first-order valence-corrected chi connectivity index (χ1v) is 11.9. The molecule has 7 rings (SSSR count). The van der Waals surface area contributed by atoms with Crippen molar-refractivity contribution in [3.05, 3.63) is 81.9 Å². The van der Waals surface area contributed by atoms with Gasteiger partial charge in [-0.2, -0.15) is 27.0 Å². The van der Waals surface area contributed by atoms with Crippen molar-refractivity contribution in [3.8, 4) is 0 Å². The fraction of sp³-hybridized carbons (Fsp3) is 0.433. The third-order valence-corrected chi connectivity index (χ3v) is 8.37. The van der Waals surface area contributed by atoms with Crippen LogP contribution in [-0.4, -0.2) is 27.6 Å². The number of carboxylic acid groups (broad SMARTS) is 1. The Kier molecular flexibility index (Phi) is 9.54. The zero-order chi connectivity index (χ0) is 22.9. The monoisotopic (exact) mass is 547 g/mol. The molecule has 1 N–H and O–H groups in total. The number of fused-ring (bicyclic) bond motifs is 2. The molecule has 37 heavy (non-hydrogen) atoms. The number of aliphatic carboxylic acids is 1. The first kappa shape index (κ1) is 31.1. The number of carbonyl (C=O) groups is 1. The SMILES string of the molecule is C.C.CC[C@H]1CC2=C(Cc3ccccc32)[C@H](c2c(F)cc(/C=C/C(=O)O)cc2F)N1C12CC(C1)C2.S.S. The molecule has 3 nitrogen and oxygen atoms in total. The van der Waals surface area contributed by atoms with E-state index in [4.69, 9.17) is 5.11 Å². The smallest absolute Gasteiger partial charge is 0.328 e. The van der Waals surface area contributed by atoms with E-state index < -0.39 is 23.6 Å². The van der Waals surface area contributed by atoms with Gasteiger partial charge in [0.2, 0.25) is 0 Å². The molecule has 0 unspecified atom stereocenters. The Hall–Kier alpha value is -2.09. The number of halogens is 2. The second kappa shape index (κ2) is 11.3. The lowest BCUT2D eigenvalue weighted by Gasteiger charge is -2.70. The highest BCUT2D eigenvalue weighted by molar-refractivity contribution is 7.59. The minimum Gasteiger partial charge on any atom is -0.478 e. The third kappa shape index (κ3) is 4.79. The van der Waals surface area contributed by atoms with E-state index in [9.17, 15) is 4.79 Å². The fourth-order valence-corrected chi connectivity index (χ4v) is 6.86. The normalized spacial score (nSPS) is 26.8. The van der Waals surface area contributed by atoms with Crippen molar-refractivity contribution < 1.29 is 18.7 Å². The molecule has 4 aliphatic carbocycles. The van der Waals surface area contributed by atoms with Gasteiger partial charge in [0.15, 0.2) is 0 Å². The predicted molar refractivity (Wildman–Crippen MR) is 158 cm³/mol. The van der Waals surface area contributed by atoms with E-state index in [1.807, 2.05) is 12.1 Å². The topological polar surface area (TPSA) is 40.5 Å². The van der Waals surface area contributed by atoms with E-state index in [-0.39, 0.29) is 64.6 Å². The van der Waals surface area contributed by atoms with Gasteiger partial charge in [-0.1, -0.05) is 46.0 Å². The summed E-state index contributed by atoms with van der Waals surface area (Å²) < 4.78 is 31.3. The van der Waals surface area contributed by atoms with Crippen LogP contribution in [-0.2, 0) is 11.2 Å². The summed E-state index contributed by atoms with van der Waals surface area (Å²) in [6.07, 6.45) is 8.10. The lowest BCUT2D eigenvalue weighted by molar-refractivity contribution is -0.176. The van der Waals surface area contributed by atoms with Crippen LogP contribution in [0.5, 0.6) is 0 Å². The fourth-order valence-electron chi connectivity index (χ4n) is 6.86. The zero-order valence-corrected chi connectivity index (χ0v) is 21.7. The molecule has 0 saturated heterocycles. The molecule has 5 aliphatic rings. The summed E-state index contributed by atoms with van der Waals surface area (Å²) in [6.45, 7) is 2.18. The van der Waals surface area contributed by atoms with Crippen molar-refractivity contribution in [2.24, 2.45) is 5.92 Å². The second-order valence-electron chi connectivity index (χ2n) is 10.2. The Morgan fingerprint density at radius 3 is 2.27 bits per heavy atom. The lowest BCUT2D eigenvalue weighted by Crippen LogP contribution is -2.71. The van der Waals surface area contributed by atoms with Crippen LogP contribution in [0.1, 0.15) is 82.2 Å². The molecule has 2 aromatic rings. The maximum absolute atomic E-state index is 15.7. The molecule has 202 valence electrons. The number of rotatable bonds is 5. The average Bonchev–Trinajstić information content (AvgIpc) is 3.08. The molecule has 2 bridgehead atoms. The molecule has 0 aromatic heterocycles. The summed E-state index contributed by atoms with van der Waals surface area (Å²) >= 11 is 0. The van der Waals surface area contributed by atoms with E-state index in [2.05, 4.69) is 24.0 Å². The molecule has 2 aromatic carbocycles. The maximum atomic E-state index is 15.7. The van der Waals surface area contributed by atoms with Crippen molar-refractivity contribution in [1.82, 2.24) is 4.90 Å². The Balaban J connectivity index is 0.00000120. The molecule has 2 atom stereocenters. The molecule has 1 heterocycles. The quantitative estimate of drug-likeness (QED) is 0.391. The molecule has 0 amide bonds. The van der Waals surface area contributed by atoms with Crippen LogP contribution in [0.3, 0.4) is 0 Å². The predicted octanol–water partition coefficient (Wildman–Crippen LogP) is 7.65. The first-order valence-electron chi connectivity index (χ1n) is 11.9. The zero-order valence-electron chi connectivity index (χ0n) is 19.7. The van der Waals surface area contributed by atoms with Gasteiger partial charge in [-0.15, -0.1) is 0 Å².